The second-order valence-electron chi connectivity index (χ2n) is 6.78. The van der Waals surface area contributed by atoms with E-state index in [1.807, 2.05) is 0 Å². The summed E-state index contributed by atoms with van der Waals surface area (Å²) in [4.78, 5) is 13.9. The highest BCUT2D eigenvalue weighted by molar-refractivity contribution is 5.67. The molecule has 0 spiro atoms. The molecule has 0 aliphatic heterocycles. The fraction of sp³-hybridized carbons (Fsp3) is 0.944. The van der Waals surface area contributed by atoms with Crippen LogP contribution in [-0.2, 0) is 4.74 Å². The Morgan fingerprint density at radius 3 is 2.27 bits per heavy atom. The number of likely N-dealkylation sites (N-methyl/N-ethyl adjacent to an activating group) is 1. The van der Waals surface area contributed by atoms with Crippen molar-refractivity contribution in [2.75, 3.05) is 20.3 Å². The van der Waals surface area contributed by atoms with Gasteiger partial charge < -0.3 is 14.7 Å². The minimum absolute atomic E-state index is 0.0314. The molecule has 0 bridgehead atoms. The van der Waals surface area contributed by atoms with Crippen LogP contribution in [0.1, 0.15) is 71.6 Å². The molecule has 1 rings (SSSR count). The first kappa shape index (κ1) is 19.3. The molecule has 1 N–H and O–H groups in total. The molecule has 4 heteroatoms. The molecule has 1 amide bonds. The van der Waals surface area contributed by atoms with Crippen LogP contribution in [0.15, 0.2) is 0 Å². The first-order chi connectivity index (χ1) is 10.6. The van der Waals surface area contributed by atoms with Gasteiger partial charge in [0.2, 0.25) is 0 Å². The fourth-order valence-corrected chi connectivity index (χ4v) is 3.66. The zero-order valence-electron chi connectivity index (χ0n) is 14.7. The Morgan fingerprint density at radius 2 is 1.77 bits per heavy atom. The van der Waals surface area contributed by atoms with Crippen molar-refractivity contribution in [3.8, 4) is 0 Å². The molecule has 4 nitrogen and oxygen atoms in total. The van der Waals surface area contributed by atoms with Crippen molar-refractivity contribution in [1.29, 1.82) is 0 Å². The third kappa shape index (κ3) is 6.15. The van der Waals surface area contributed by atoms with Gasteiger partial charge in [-0.05, 0) is 37.5 Å². The van der Waals surface area contributed by atoms with Crippen molar-refractivity contribution in [3.63, 3.8) is 0 Å². The molecule has 130 valence electrons. The van der Waals surface area contributed by atoms with Crippen LogP contribution in [0.2, 0.25) is 0 Å². The molecular formula is C18H35NO3. The summed E-state index contributed by atoms with van der Waals surface area (Å²) in [6.45, 7) is 4.88. The Labute approximate surface area is 136 Å². The van der Waals surface area contributed by atoms with Crippen molar-refractivity contribution < 1.29 is 14.6 Å². The summed E-state index contributed by atoms with van der Waals surface area (Å²) < 4.78 is 5.52. The molecule has 1 atom stereocenters. The van der Waals surface area contributed by atoms with E-state index in [-0.39, 0.29) is 18.7 Å². The fourth-order valence-electron chi connectivity index (χ4n) is 3.66. The normalized spacial score (nSPS) is 17.5. The van der Waals surface area contributed by atoms with Crippen LogP contribution in [0.5, 0.6) is 0 Å². The first-order valence-electron chi connectivity index (χ1n) is 9.14. The summed E-state index contributed by atoms with van der Waals surface area (Å²) in [7, 11) is 1.77. The summed E-state index contributed by atoms with van der Waals surface area (Å²) in [6, 6.07) is -0.0939. The molecule has 0 saturated heterocycles. The molecule has 0 aromatic heterocycles. The van der Waals surface area contributed by atoms with Crippen LogP contribution < -0.4 is 0 Å². The average Bonchev–Trinajstić information content (AvgIpc) is 2.54. The smallest absolute Gasteiger partial charge is 0.409 e. The quantitative estimate of drug-likeness (QED) is 0.693. The number of hydrogen-bond donors (Lipinski definition) is 1. The molecule has 0 heterocycles. The molecule has 0 aromatic rings. The van der Waals surface area contributed by atoms with Gasteiger partial charge in [-0.1, -0.05) is 46.0 Å². The minimum atomic E-state index is -0.276. The van der Waals surface area contributed by atoms with E-state index in [4.69, 9.17) is 4.74 Å². The maximum atomic E-state index is 12.3. The molecule has 1 aliphatic carbocycles. The third-order valence-electron chi connectivity index (χ3n) is 5.00. The lowest BCUT2D eigenvalue weighted by atomic mass is 9.83. The highest BCUT2D eigenvalue weighted by Gasteiger charge is 2.30. The van der Waals surface area contributed by atoms with Gasteiger partial charge in [-0.2, -0.15) is 0 Å². The molecule has 0 aromatic carbocycles. The van der Waals surface area contributed by atoms with Gasteiger partial charge in [0.15, 0.2) is 0 Å². The highest BCUT2D eigenvalue weighted by atomic mass is 16.6. The molecule has 1 aliphatic rings. The van der Waals surface area contributed by atoms with E-state index in [0.717, 1.165) is 38.5 Å². The van der Waals surface area contributed by atoms with Crippen LogP contribution >= 0.6 is 0 Å². The van der Waals surface area contributed by atoms with E-state index in [2.05, 4.69) is 13.8 Å². The Morgan fingerprint density at radius 1 is 1.18 bits per heavy atom. The van der Waals surface area contributed by atoms with E-state index in [0.29, 0.717) is 18.4 Å². The standard InChI is InChI=1S/C18H35NO3/c1-4-9-15(10-5-2)14-22-18(21)19(3)17(13-20)16-11-7-6-8-12-16/h15-17,20H,4-14H2,1-3H3/t17-/m1/s1. The lowest BCUT2D eigenvalue weighted by molar-refractivity contribution is 0.0451. The van der Waals surface area contributed by atoms with Gasteiger partial charge in [-0.25, -0.2) is 4.79 Å². The number of rotatable bonds is 9. The molecule has 0 unspecified atom stereocenters. The van der Waals surface area contributed by atoms with Gasteiger partial charge in [0.05, 0.1) is 19.3 Å². The number of amides is 1. The molecular weight excluding hydrogens is 278 g/mol. The Hall–Kier alpha value is -0.770. The summed E-state index contributed by atoms with van der Waals surface area (Å²) >= 11 is 0. The van der Waals surface area contributed by atoms with Crippen LogP contribution in [-0.4, -0.2) is 42.4 Å². The van der Waals surface area contributed by atoms with Crippen LogP contribution in [0.4, 0.5) is 4.79 Å². The first-order valence-corrected chi connectivity index (χ1v) is 9.14. The predicted octanol–water partition coefficient (Wildman–Crippen LogP) is 4.21. The Bertz CT molecular complexity index is 297. The third-order valence-corrected chi connectivity index (χ3v) is 5.00. The second-order valence-corrected chi connectivity index (χ2v) is 6.78. The molecule has 22 heavy (non-hydrogen) atoms. The van der Waals surface area contributed by atoms with Gasteiger partial charge >= 0.3 is 6.09 Å². The maximum absolute atomic E-state index is 12.3. The summed E-state index contributed by atoms with van der Waals surface area (Å²) in [5.74, 6) is 0.882. The largest absolute Gasteiger partial charge is 0.449 e. The Balaban J connectivity index is 2.47. The van der Waals surface area contributed by atoms with Crippen LogP contribution in [0.25, 0.3) is 0 Å². The highest BCUT2D eigenvalue weighted by Crippen LogP contribution is 2.28. The predicted molar refractivity (Wildman–Crippen MR) is 89.9 cm³/mol. The average molecular weight is 313 g/mol. The van der Waals surface area contributed by atoms with E-state index in [1.54, 1.807) is 11.9 Å². The molecule has 1 fully saturated rings. The Kier molecular flexibility index (Phi) is 9.53. The number of ether oxygens (including phenoxy) is 1. The number of aliphatic hydroxyl groups excluding tert-OH is 1. The van der Waals surface area contributed by atoms with Crippen LogP contribution in [0, 0.1) is 11.8 Å². The number of aliphatic hydroxyl groups is 1. The van der Waals surface area contributed by atoms with E-state index in [9.17, 15) is 9.90 Å². The molecule has 1 saturated carbocycles. The van der Waals surface area contributed by atoms with E-state index >= 15 is 0 Å². The lowest BCUT2D eigenvalue weighted by Crippen LogP contribution is -2.45. The van der Waals surface area contributed by atoms with Crippen molar-refractivity contribution in [2.24, 2.45) is 11.8 Å². The number of carbonyl (C=O) groups is 1. The SMILES string of the molecule is CCCC(CCC)COC(=O)N(C)[C@H](CO)C1CCCCC1. The van der Waals surface area contributed by atoms with E-state index < -0.39 is 0 Å². The van der Waals surface area contributed by atoms with Gasteiger partial charge in [-0.3, -0.25) is 0 Å². The van der Waals surface area contributed by atoms with Gasteiger partial charge in [0, 0.05) is 7.05 Å². The lowest BCUT2D eigenvalue weighted by Gasteiger charge is -2.35. The second kappa shape index (κ2) is 10.9. The number of hydrogen-bond acceptors (Lipinski definition) is 3. The number of nitrogens with zero attached hydrogens (tertiary/aromatic N) is 1. The molecule has 0 radical (unpaired) electrons. The summed E-state index contributed by atoms with van der Waals surface area (Å²) in [5.41, 5.74) is 0. The van der Waals surface area contributed by atoms with Gasteiger partial charge in [-0.15, -0.1) is 0 Å². The van der Waals surface area contributed by atoms with Crippen LogP contribution in [0.3, 0.4) is 0 Å². The van der Waals surface area contributed by atoms with Gasteiger partial charge in [0.25, 0.3) is 0 Å². The topological polar surface area (TPSA) is 49.8 Å². The monoisotopic (exact) mass is 313 g/mol. The zero-order valence-corrected chi connectivity index (χ0v) is 14.7. The maximum Gasteiger partial charge on any atom is 0.409 e. The zero-order chi connectivity index (χ0) is 16.4. The van der Waals surface area contributed by atoms with Crippen molar-refractivity contribution in [1.82, 2.24) is 4.90 Å². The van der Waals surface area contributed by atoms with Gasteiger partial charge in [0.1, 0.15) is 0 Å². The summed E-state index contributed by atoms with van der Waals surface area (Å²) in [5, 5.41) is 9.69. The number of carbonyl (C=O) groups excluding carboxylic acids is 1. The van der Waals surface area contributed by atoms with Crippen molar-refractivity contribution >= 4 is 6.09 Å². The summed E-state index contributed by atoms with van der Waals surface area (Å²) in [6.07, 6.45) is 10.1. The minimum Gasteiger partial charge on any atom is -0.449 e. The van der Waals surface area contributed by atoms with E-state index in [1.165, 1.54) is 19.3 Å². The van der Waals surface area contributed by atoms with Crippen molar-refractivity contribution in [3.05, 3.63) is 0 Å². The van der Waals surface area contributed by atoms with Crippen molar-refractivity contribution in [2.45, 2.75) is 77.7 Å².